The van der Waals surface area contributed by atoms with Gasteiger partial charge in [0.05, 0.1) is 12.0 Å². The van der Waals surface area contributed by atoms with Crippen molar-refractivity contribution in [1.82, 2.24) is 10.2 Å². The van der Waals surface area contributed by atoms with E-state index in [-0.39, 0.29) is 30.2 Å². The van der Waals surface area contributed by atoms with Crippen LogP contribution in [0.3, 0.4) is 0 Å². The number of carbonyl (C=O) groups is 3. The number of carbonyl (C=O) groups excluding carboxylic acids is 3. The molecule has 1 aliphatic carbocycles. The van der Waals surface area contributed by atoms with Gasteiger partial charge in [0.25, 0.3) is 5.91 Å². The van der Waals surface area contributed by atoms with Crippen LogP contribution in [0.25, 0.3) is 10.1 Å². The molecule has 1 aromatic heterocycles. The van der Waals surface area contributed by atoms with Crippen molar-refractivity contribution in [3.63, 3.8) is 0 Å². The minimum absolute atomic E-state index is 0.0709. The maximum atomic E-state index is 13.0. The third-order valence-electron chi connectivity index (χ3n) is 4.16. The van der Waals surface area contributed by atoms with Crippen molar-refractivity contribution in [3.05, 3.63) is 35.2 Å². The fraction of sp³-hybridized carbons (Fsp3) is 0.312. The van der Waals surface area contributed by atoms with Crippen LogP contribution in [0.4, 0.5) is 0 Å². The Bertz CT molecular complexity index is 794. The predicted octanol–water partition coefficient (Wildman–Crippen LogP) is 1.92. The summed E-state index contributed by atoms with van der Waals surface area (Å²) >= 11 is 1.52. The average molecular weight is 314 g/mol. The minimum Gasteiger partial charge on any atom is -0.323 e. The summed E-state index contributed by atoms with van der Waals surface area (Å²) in [4.78, 5) is 38.1. The molecule has 0 bridgehead atoms. The molecule has 5 nitrogen and oxygen atoms in total. The van der Waals surface area contributed by atoms with E-state index in [9.17, 15) is 14.4 Å². The number of thiophene rings is 1. The van der Waals surface area contributed by atoms with E-state index in [0.717, 1.165) is 22.9 Å². The predicted molar refractivity (Wildman–Crippen MR) is 82.6 cm³/mol. The van der Waals surface area contributed by atoms with E-state index in [2.05, 4.69) is 5.32 Å². The van der Waals surface area contributed by atoms with Gasteiger partial charge >= 0.3 is 0 Å². The second-order valence-electron chi connectivity index (χ2n) is 5.72. The third kappa shape index (κ3) is 2.11. The Kier molecular flexibility index (Phi) is 3.00. The van der Waals surface area contributed by atoms with Crippen molar-refractivity contribution < 1.29 is 14.4 Å². The van der Waals surface area contributed by atoms with E-state index >= 15 is 0 Å². The highest BCUT2D eigenvalue weighted by Crippen LogP contribution is 2.34. The van der Waals surface area contributed by atoms with Gasteiger partial charge in [0.15, 0.2) is 0 Å². The summed E-state index contributed by atoms with van der Waals surface area (Å²) in [5.41, 5.74) is 0.617. The Morgan fingerprint density at radius 3 is 2.73 bits per heavy atom. The fourth-order valence-electron chi connectivity index (χ4n) is 2.98. The zero-order valence-corrected chi connectivity index (χ0v) is 12.6. The van der Waals surface area contributed by atoms with Gasteiger partial charge in [-0.05, 0) is 35.7 Å². The van der Waals surface area contributed by atoms with Crippen molar-refractivity contribution in [2.24, 2.45) is 0 Å². The molecular formula is C16H14N2O3S. The zero-order chi connectivity index (χ0) is 15.3. The normalized spacial score (nSPS) is 21.2. The van der Waals surface area contributed by atoms with Crippen LogP contribution in [0.1, 0.15) is 29.6 Å². The van der Waals surface area contributed by atoms with Crippen molar-refractivity contribution in [3.8, 4) is 0 Å². The molecule has 112 valence electrons. The van der Waals surface area contributed by atoms with Crippen LogP contribution in [0.2, 0.25) is 0 Å². The van der Waals surface area contributed by atoms with Gasteiger partial charge in [-0.3, -0.25) is 19.7 Å². The van der Waals surface area contributed by atoms with E-state index in [1.54, 1.807) is 11.0 Å². The number of imide groups is 1. The van der Waals surface area contributed by atoms with Crippen LogP contribution >= 0.6 is 11.3 Å². The van der Waals surface area contributed by atoms with Crippen LogP contribution in [0.15, 0.2) is 29.6 Å². The van der Waals surface area contributed by atoms with E-state index < -0.39 is 6.04 Å². The fourth-order valence-corrected chi connectivity index (χ4v) is 3.89. The minimum atomic E-state index is -0.664. The number of amides is 3. The van der Waals surface area contributed by atoms with Crippen molar-refractivity contribution in [2.45, 2.75) is 31.3 Å². The molecule has 2 heterocycles. The summed E-state index contributed by atoms with van der Waals surface area (Å²) in [6, 6.07) is 7.00. The highest BCUT2D eigenvalue weighted by atomic mass is 32.1. The topological polar surface area (TPSA) is 66.5 Å². The van der Waals surface area contributed by atoms with E-state index in [4.69, 9.17) is 0 Å². The molecule has 2 fully saturated rings. The molecule has 0 radical (unpaired) electrons. The number of hydrogen-bond acceptors (Lipinski definition) is 4. The summed E-state index contributed by atoms with van der Waals surface area (Å²) in [5.74, 6) is -0.809. The second-order valence-corrected chi connectivity index (χ2v) is 6.64. The van der Waals surface area contributed by atoms with Crippen molar-refractivity contribution in [2.75, 3.05) is 0 Å². The second kappa shape index (κ2) is 4.91. The Morgan fingerprint density at radius 1 is 1.23 bits per heavy atom. The average Bonchev–Trinajstić information content (AvgIpc) is 3.10. The Balaban J connectivity index is 1.74. The zero-order valence-electron chi connectivity index (χ0n) is 11.7. The molecule has 1 aromatic carbocycles. The molecule has 1 saturated carbocycles. The maximum absolute atomic E-state index is 13.0. The Labute approximate surface area is 130 Å². The van der Waals surface area contributed by atoms with Gasteiger partial charge in [-0.25, -0.2) is 0 Å². The van der Waals surface area contributed by atoms with Crippen molar-refractivity contribution >= 4 is 39.1 Å². The van der Waals surface area contributed by atoms with Gasteiger partial charge < -0.3 is 4.90 Å². The lowest BCUT2D eigenvalue weighted by Crippen LogP contribution is -2.45. The smallest absolute Gasteiger partial charge is 0.256 e. The summed E-state index contributed by atoms with van der Waals surface area (Å²) in [6.07, 6.45) is 1.86. The molecule has 1 saturated heterocycles. The summed E-state index contributed by atoms with van der Waals surface area (Å²) in [7, 11) is 0. The Morgan fingerprint density at radius 2 is 2.05 bits per heavy atom. The summed E-state index contributed by atoms with van der Waals surface area (Å²) < 4.78 is 0.933. The lowest BCUT2D eigenvalue weighted by atomic mass is 10.1. The monoisotopic (exact) mass is 314 g/mol. The van der Waals surface area contributed by atoms with Gasteiger partial charge in [-0.1, -0.05) is 12.1 Å². The molecule has 1 atom stereocenters. The van der Waals surface area contributed by atoms with E-state index in [1.807, 2.05) is 23.6 Å². The molecular weight excluding hydrogens is 300 g/mol. The standard InChI is InChI=1S/C16H14N2O3S/c19-13-8-12(15(20)17-13)18(10-4-5-10)16(21)11-3-1-2-9-6-7-22-14(9)11/h1-3,6-7,10,12H,4-5,8H2,(H,17,19,20). The lowest BCUT2D eigenvalue weighted by Gasteiger charge is -2.27. The van der Waals surface area contributed by atoms with Gasteiger partial charge in [0, 0.05) is 10.7 Å². The first kappa shape index (κ1) is 13.5. The van der Waals surface area contributed by atoms with Gasteiger partial charge in [0.1, 0.15) is 6.04 Å². The summed E-state index contributed by atoms with van der Waals surface area (Å²) in [6.45, 7) is 0. The Hall–Kier alpha value is -2.21. The van der Waals surface area contributed by atoms with Crippen LogP contribution in [-0.4, -0.2) is 34.7 Å². The number of benzene rings is 1. The van der Waals surface area contributed by atoms with Crippen LogP contribution in [0.5, 0.6) is 0 Å². The van der Waals surface area contributed by atoms with E-state index in [1.165, 1.54) is 11.3 Å². The molecule has 22 heavy (non-hydrogen) atoms. The number of fused-ring (bicyclic) bond motifs is 1. The number of rotatable bonds is 3. The molecule has 0 spiro atoms. The van der Waals surface area contributed by atoms with Crippen LogP contribution < -0.4 is 5.32 Å². The quantitative estimate of drug-likeness (QED) is 0.880. The first-order chi connectivity index (χ1) is 10.6. The molecule has 4 rings (SSSR count). The van der Waals surface area contributed by atoms with E-state index in [0.29, 0.717) is 5.56 Å². The van der Waals surface area contributed by atoms with Gasteiger partial charge in [0.2, 0.25) is 11.8 Å². The lowest BCUT2D eigenvalue weighted by molar-refractivity contribution is -0.126. The van der Waals surface area contributed by atoms with Gasteiger partial charge in [-0.15, -0.1) is 11.3 Å². The third-order valence-corrected chi connectivity index (χ3v) is 5.13. The van der Waals surface area contributed by atoms with Crippen molar-refractivity contribution in [1.29, 1.82) is 0 Å². The molecule has 2 aliphatic rings. The first-order valence-electron chi connectivity index (χ1n) is 7.28. The molecule has 2 aromatic rings. The molecule has 1 unspecified atom stereocenters. The largest absolute Gasteiger partial charge is 0.323 e. The highest BCUT2D eigenvalue weighted by Gasteiger charge is 2.45. The molecule has 3 amide bonds. The number of hydrogen-bond donors (Lipinski definition) is 1. The highest BCUT2D eigenvalue weighted by molar-refractivity contribution is 7.17. The number of nitrogens with one attached hydrogen (secondary N) is 1. The molecule has 1 N–H and O–H groups in total. The summed E-state index contributed by atoms with van der Waals surface area (Å²) in [5, 5.41) is 5.28. The van der Waals surface area contributed by atoms with Gasteiger partial charge in [-0.2, -0.15) is 0 Å². The van der Waals surface area contributed by atoms with Crippen LogP contribution in [0, 0.1) is 0 Å². The number of nitrogens with zero attached hydrogens (tertiary/aromatic N) is 1. The maximum Gasteiger partial charge on any atom is 0.256 e. The van der Waals surface area contributed by atoms with Crippen LogP contribution in [-0.2, 0) is 9.59 Å². The molecule has 6 heteroatoms. The SMILES string of the molecule is O=C1CC(N(C(=O)c2cccc3ccsc23)C2CC2)C(=O)N1. The first-order valence-corrected chi connectivity index (χ1v) is 8.15. The molecule has 1 aliphatic heterocycles.